The molecule has 1 atom stereocenters. The van der Waals surface area contributed by atoms with Crippen LogP contribution in [0.3, 0.4) is 0 Å². The number of carbonyl (C=O) groups is 1. The summed E-state index contributed by atoms with van der Waals surface area (Å²) in [5.41, 5.74) is 0.159. The van der Waals surface area contributed by atoms with Gasteiger partial charge in [-0.1, -0.05) is 26.7 Å². The Morgan fingerprint density at radius 3 is 2.67 bits per heavy atom. The largest absolute Gasteiger partial charge is 0.391 e. The van der Waals surface area contributed by atoms with Crippen LogP contribution in [0.5, 0.6) is 0 Å². The molecule has 1 aromatic rings. The van der Waals surface area contributed by atoms with Gasteiger partial charge in [-0.2, -0.15) is 0 Å². The van der Waals surface area contributed by atoms with Gasteiger partial charge >= 0.3 is 0 Å². The van der Waals surface area contributed by atoms with Crippen molar-refractivity contribution in [2.24, 2.45) is 5.92 Å². The number of aromatic nitrogens is 1. The van der Waals surface area contributed by atoms with Gasteiger partial charge in [0.25, 0.3) is 5.91 Å². The van der Waals surface area contributed by atoms with E-state index in [1.807, 2.05) is 13.8 Å². The Kier molecular flexibility index (Phi) is 5.71. The molecular weight excluding hydrogens is 235 g/mol. The van der Waals surface area contributed by atoms with E-state index in [0.717, 1.165) is 25.1 Å². The number of hydrogen-bond acceptors (Lipinski definition) is 3. The molecular formula is C13H19FN2O2. The van der Waals surface area contributed by atoms with Gasteiger partial charge in [-0.25, -0.2) is 4.39 Å². The molecule has 0 saturated heterocycles. The van der Waals surface area contributed by atoms with Crippen LogP contribution in [0.1, 0.15) is 37.0 Å². The van der Waals surface area contributed by atoms with Crippen molar-refractivity contribution < 1.29 is 14.3 Å². The Balaban J connectivity index is 2.51. The van der Waals surface area contributed by atoms with Crippen molar-refractivity contribution in [2.75, 3.05) is 6.54 Å². The molecule has 1 aromatic heterocycles. The number of halogens is 1. The summed E-state index contributed by atoms with van der Waals surface area (Å²) in [5, 5.41) is 12.4. The van der Waals surface area contributed by atoms with Gasteiger partial charge in [-0.3, -0.25) is 9.78 Å². The second-order valence-corrected chi connectivity index (χ2v) is 4.25. The van der Waals surface area contributed by atoms with Crippen molar-refractivity contribution in [1.29, 1.82) is 0 Å². The molecule has 0 saturated carbocycles. The molecule has 1 rings (SSSR count). The molecule has 2 N–H and O–H groups in total. The van der Waals surface area contributed by atoms with E-state index in [4.69, 9.17) is 0 Å². The highest BCUT2D eigenvalue weighted by molar-refractivity contribution is 5.93. The van der Waals surface area contributed by atoms with Crippen molar-refractivity contribution in [3.05, 3.63) is 29.8 Å². The summed E-state index contributed by atoms with van der Waals surface area (Å²) in [5.74, 6) is -0.814. The zero-order valence-electron chi connectivity index (χ0n) is 10.7. The Hall–Kier alpha value is -1.49. The highest BCUT2D eigenvalue weighted by Gasteiger charge is 2.16. The minimum absolute atomic E-state index is 0.159. The van der Waals surface area contributed by atoms with Crippen molar-refractivity contribution >= 4 is 5.91 Å². The first-order chi connectivity index (χ1) is 8.58. The molecule has 0 spiro atoms. The van der Waals surface area contributed by atoms with E-state index in [1.165, 1.54) is 6.20 Å². The fraction of sp³-hybridized carbons (Fsp3) is 0.538. The predicted molar refractivity (Wildman–Crippen MR) is 66.6 cm³/mol. The number of aliphatic hydroxyl groups is 1. The lowest BCUT2D eigenvalue weighted by molar-refractivity contribution is 0.0816. The normalized spacial score (nSPS) is 12.5. The quantitative estimate of drug-likeness (QED) is 0.813. The lowest BCUT2D eigenvalue weighted by Gasteiger charge is -2.20. The topological polar surface area (TPSA) is 62.2 Å². The number of carbonyl (C=O) groups excluding carboxylic acids is 1. The fourth-order valence-electron chi connectivity index (χ4n) is 1.83. The number of nitrogens with one attached hydrogen (secondary N) is 1. The van der Waals surface area contributed by atoms with Gasteiger partial charge in [0.05, 0.1) is 17.9 Å². The number of amides is 1. The summed E-state index contributed by atoms with van der Waals surface area (Å²) in [7, 11) is 0. The lowest BCUT2D eigenvalue weighted by atomic mass is 9.96. The number of nitrogens with zero attached hydrogens (tertiary/aromatic N) is 1. The molecule has 18 heavy (non-hydrogen) atoms. The molecule has 0 aliphatic heterocycles. The van der Waals surface area contributed by atoms with Gasteiger partial charge in [0, 0.05) is 12.7 Å². The third-order valence-corrected chi connectivity index (χ3v) is 3.03. The number of pyridine rings is 1. The van der Waals surface area contributed by atoms with Crippen molar-refractivity contribution in [3.63, 3.8) is 0 Å². The maximum Gasteiger partial charge on any atom is 0.253 e. The van der Waals surface area contributed by atoms with Gasteiger partial charge in [0.1, 0.15) is 5.82 Å². The van der Waals surface area contributed by atoms with Gasteiger partial charge < -0.3 is 10.4 Å². The number of hydrogen-bond donors (Lipinski definition) is 2. The van der Waals surface area contributed by atoms with Gasteiger partial charge in [-0.15, -0.1) is 0 Å². The Labute approximate surface area is 106 Å². The monoisotopic (exact) mass is 254 g/mol. The standard InChI is InChI=1S/C13H19FN2O2/c1-3-9(4-2)12(17)8-16-13(18)10-5-11(14)7-15-6-10/h5-7,9,12,17H,3-4,8H2,1-2H3,(H,16,18). The van der Waals surface area contributed by atoms with Crippen LogP contribution in [-0.4, -0.2) is 28.6 Å². The first-order valence-corrected chi connectivity index (χ1v) is 6.15. The van der Waals surface area contributed by atoms with Gasteiger partial charge in [0.15, 0.2) is 0 Å². The molecule has 1 amide bonds. The van der Waals surface area contributed by atoms with Crippen LogP contribution >= 0.6 is 0 Å². The maximum atomic E-state index is 12.9. The minimum atomic E-state index is -0.578. The number of aliphatic hydroxyl groups excluding tert-OH is 1. The van der Waals surface area contributed by atoms with E-state index in [9.17, 15) is 14.3 Å². The Bertz CT molecular complexity index is 394. The highest BCUT2D eigenvalue weighted by atomic mass is 19.1. The van der Waals surface area contributed by atoms with Crippen LogP contribution in [0, 0.1) is 11.7 Å². The SMILES string of the molecule is CCC(CC)C(O)CNC(=O)c1cncc(F)c1. The molecule has 0 bridgehead atoms. The first kappa shape index (κ1) is 14.6. The van der Waals surface area contributed by atoms with Crippen LogP contribution in [0.2, 0.25) is 0 Å². The molecule has 100 valence electrons. The summed E-state index contributed by atoms with van der Waals surface area (Å²) in [6.45, 7) is 4.16. The van der Waals surface area contributed by atoms with E-state index in [2.05, 4.69) is 10.3 Å². The van der Waals surface area contributed by atoms with E-state index >= 15 is 0 Å². The average Bonchev–Trinajstić information content (AvgIpc) is 2.37. The molecule has 0 radical (unpaired) electrons. The van der Waals surface area contributed by atoms with E-state index in [-0.39, 0.29) is 18.0 Å². The second kappa shape index (κ2) is 7.06. The Morgan fingerprint density at radius 2 is 2.11 bits per heavy atom. The molecule has 5 heteroatoms. The van der Waals surface area contributed by atoms with Crippen LogP contribution in [0.25, 0.3) is 0 Å². The van der Waals surface area contributed by atoms with E-state index < -0.39 is 17.8 Å². The number of rotatable bonds is 6. The van der Waals surface area contributed by atoms with Crippen molar-refractivity contribution in [3.8, 4) is 0 Å². The lowest BCUT2D eigenvalue weighted by Crippen LogP contribution is -2.36. The van der Waals surface area contributed by atoms with Crippen LogP contribution in [0.15, 0.2) is 18.5 Å². The van der Waals surface area contributed by atoms with Crippen molar-refractivity contribution in [2.45, 2.75) is 32.8 Å². The summed E-state index contributed by atoms with van der Waals surface area (Å²) in [6, 6.07) is 1.12. The molecule has 0 fully saturated rings. The molecule has 1 heterocycles. The first-order valence-electron chi connectivity index (χ1n) is 6.15. The zero-order chi connectivity index (χ0) is 13.5. The fourth-order valence-corrected chi connectivity index (χ4v) is 1.83. The molecule has 1 unspecified atom stereocenters. The third kappa shape index (κ3) is 4.07. The van der Waals surface area contributed by atoms with Crippen LogP contribution in [-0.2, 0) is 0 Å². The van der Waals surface area contributed by atoms with Gasteiger partial charge in [0.2, 0.25) is 0 Å². The second-order valence-electron chi connectivity index (χ2n) is 4.25. The molecule has 0 aliphatic carbocycles. The third-order valence-electron chi connectivity index (χ3n) is 3.03. The highest BCUT2D eigenvalue weighted by Crippen LogP contribution is 2.12. The van der Waals surface area contributed by atoms with Gasteiger partial charge in [-0.05, 0) is 12.0 Å². The molecule has 4 nitrogen and oxygen atoms in total. The van der Waals surface area contributed by atoms with Crippen LogP contribution in [0.4, 0.5) is 4.39 Å². The zero-order valence-corrected chi connectivity index (χ0v) is 10.7. The maximum absolute atomic E-state index is 12.9. The molecule has 0 aliphatic rings. The Morgan fingerprint density at radius 1 is 1.44 bits per heavy atom. The summed E-state index contributed by atoms with van der Waals surface area (Å²) in [4.78, 5) is 15.3. The molecule has 0 aromatic carbocycles. The summed E-state index contributed by atoms with van der Waals surface area (Å²) in [6.07, 6.45) is 3.47. The average molecular weight is 254 g/mol. The smallest absolute Gasteiger partial charge is 0.253 e. The minimum Gasteiger partial charge on any atom is -0.391 e. The van der Waals surface area contributed by atoms with Crippen molar-refractivity contribution in [1.82, 2.24) is 10.3 Å². The predicted octanol–water partition coefficient (Wildman–Crippen LogP) is 1.75. The van der Waals surface area contributed by atoms with E-state index in [0.29, 0.717) is 0 Å². The summed E-state index contributed by atoms with van der Waals surface area (Å²) < 4.78 is 12.9. The van der Waals surface area contributed by atoms with Crippen LogP contribution < -0.4 is 5.32 Å². The summed E-state index contributed by atoms with van der Waals surface area (Å²) >= 11 is 0. The van der Waals surface area contributed by atoms with E-state index in [1.54, 1.807) is 0 Å².